The first-order valence-corrected chi connectivity index (χ1v) is 6.81. The molecule has 0 heterocycles. The molecule has 3 aromatic rings. The molecule has 0 saturated carbocycles. The Morgan fingerprint density at radius 3 is 1.90 bits per heavy atom. The van der Waals surface area contributed by atoms with Crippen molar-refractivity contribution >= 4 is 11.4 Å². The Balaban J connectivity index is 1.82. The van der Waals surface area contributed by atoms with Gasteiger partial charge in [0.05, 0.1) is 0 Å². The van der Waals surface area contributed by atoms with Gasteiger partial charge < -0.3 is 5.32 Å². The number of nitrogens with one attached hydrogen (secondary N) is 1. The molecule has 0 unspecified atom stereocenters. The average Bonchev–Trinajstić information content (AvgIpc) is 2.51. The monoisotopic (exact) mass is 259 g/mol. The summed E-state index contributed by atoms with van der Waals surface area (Å²) in [7, 11) is 0. The molecular weight excluding hydrogens is 242 g/mol. The summed E-state index contributed by atoms with van der Waals surface area (Å²) < 4.78 is 0. The Kier molecular flexibility index (Phi) is 3.51. The molecule has 0 atom stereocenters. The molecule has 98 valence electrons. The third kappa shape index (κ3) is 2.72. The molecule has 1 heteroatoms. The Morgan fingerprint density at radius 1 is 0.600 bits per heavy atom. The summed E-state index contributed by atoms with van der Waals surface area (Å²) in [6.07, 6.45) is 0. The van der Waals surface area contributed by atoms with Crippen molar-refractivity contribution in [3.63, 3.8) is 0 Å². The first-order valence-electron chi connectivity index (χ1n) is 6.81. The van der Waals surface area contributed by atoms with E-state index in [2.05, 4.69) is 79.0 Å². The van der Waals surface area contributed by atoms with Gasteiger partial charge in [-0.2, -0.15) is 0 Å². The maximum Gasteiger partial charge on any atom is 0.0413 e. The quantitative estimate of drug-likeness (QED) is 0.663. The lowest BCUT2D eigenvalue weighted by Gasteiger charge is -2.10. The van der Waals surface area contributed by atoms with Crippen LogP contribution in [0, 0.1) is 6.92 Å². The van der Waals surface area contributed by atoms with Crippen LogP contribution in [0.15, 0.2) is 78.9 Å². The van der Waals surface area contributed by atoms with Crippen molar-refractivity contribution in [2.45, 2.75) is 6.92 Å². The lowest BCUT2D eigenvalue weighted by molar-refractivity contribution is 1.43. The minimum atomic E-state index is 1.11. The van der Waals surface area contributed by atoms with E-state index in [1.165, 1.54) is 16.7 Å². The lowest BCUT2D eigenvalue weighted by Crippen LogP contribution is -1.92. The van der Waals surface area contributed by atoms with E-state index >= 15 is 0 Å². The van der Waals surface area contributed by atoms with E-state index in [1.807, 2.05) is 12.1 Å². The van der Waals surface area contributed by atoms with Crippen LogP contribution < -0.4 is 5.32 Å². The fraction of sp³-hybridized carbons (Fsp3) is 0.0526. The Labute approximate surface area is 119 Å². The van der Waals surface area contributed by atoms with Gasteiger partial charge in [0.25, 0.3) is 0 Å². The van der Waals surface area contributed by atoms with Gasteiger partial charge in [0.15, 0.2) is 0 Å². The molecule has 20 heavy (non-hydrogen) atoms. The molecule has 3 rings (SSSR count). The van der Waals surface area contributed by atoms with Crippen molar-refractivity contribution in [2.24, 2.45) is 0 Å². The van der Waals surface area contributed by atoms with Crippen LogP contribution in [0.5, 0.6) is 0 Å². The molecule has 0 amide bonds. The molecule has 0 bridgehead atoms. The molecular formula is C19H17N. The molecule has 0 aliphatic rings. The van der Waals surface area contributed by atoms with Gasteiger partial charge >= 0.3 is 0 Å². The number of para-hydroxylation sites is 1. The van der Waals surface area contributed by atoms with Crippen LogP contribution >= 0.6 is 0 Å². The highest BCUT2D eigenvalue weighted by Gasteiger charge is 1.99. The topological polar surface area (TPSA) is 12.0 Å². The molecule has 0 fully saturated rings. The second-order valence-electron chi connectivity index (χ2n) is 4.88. The third-order valence-electron chi connectivity index (χ3n) is 3.42. The smallest absolute Gasteiger partial charge is 0.0413 e. The van der Waals surface area contributed by atoms with Crippen LogP contribution in [0.25, 0.3) is 11.1 Å². The summed E-state index contributed by atoms with van der Waals surface area (Å²) in [6, 6.07) is 27.3. The van der Waals surface area contributed by atoms with Crippen molar-refractivity contribution in [3.05, 3.63) is 84.4 Å². The van der Waals surface area contributed by atoms with Crippen LogP contribution in [0.1, 0.15) is 5.56 Å². The predicted molar refractivity (Wildman–Crippen MR) is 86.3 cm³/mol. The van der Waals surface area contributed by atoms with Crippen molar-refractivity contribution in [1.82, 2.24) is 0 Å². The zero-order chi connectivity index (χ0) is 13.8. The van der Waals surface area contributed by atoms with Crippen LogP contribution in [0.2, 0.25) is 0 Å². The number of rotatable bonds is 3. The fourth-order valence-electron chi connectivity index (χ4n) is 2.25. The second kappa shape index (κ2) is 5.62. The zero-order valence-corrected chi connectivity index (χ0v) is 11.5. The minimum Gasteiger partial charge on any atom is -0.355 e. The number of hydrogen-bond donors (Lipinski definition) is 1. The van der Waals surface area contributed by atoms with E-state index in [-0.39, 0.29) is 0 Å². The number of benzene rings is 3. The fourth-order valence-corrected chi connectivity index (χ4v) is 2.25. The van der Waals surface area contributed by atoms with E-state index in [0.29, 0.717) is 0 Å². The van der Waals surface area contributed by atoms with Crippen LogP contribution in [-0.2, 0) is 0 Å². The van der Waals surface area contributed by atoms with Crippen molar-refractivity contribution in [1.29, 1.82) is 0 Å². The zero-order valence-electron chi connectivity index (χ0n) is 11.5. The van der Waals surface area contributed by atoms with Gasteiger partial charge in [-0.1, -0.05) is 60.7 Å². The number of anilines is 2. The van der Waals surface area contributed by atoms with Crippen LogP contribution in [0.4, 0.5) is 11.4 Å². The van der Waals surface area contributed by atoms with E-state index in [9.17, 15) is 0 Å². The van der Waals surface area contributed by atoms with E-state index < -0.39 is 0 Å². The second-order valence-corrected chi connectivity index (χ2v) is 4.88. The number of hydrogen-bond acceptors (Lipinski definition) is 1. The molecule has 1 nitrogen and oxygen atoms in total. The lowest BCUT2D eigenvalue weighted by atomic mass is 10.1. The standard InChI is InChI=1S/C19H17N/c1-15-7-5-6-10-19(15)20-18-13-11-17(12-14-18)16-8-3-2-4-9-16/h2-14,20H,1H3. The van der Waals surface area contributed by atoms with Gasteiger partial charge in [0.2, 0.25) is 0 Å². The van der Waals surface area contributed by atoms with Gasteiger partial charge in [-0.25, -0.2) is 0 Å². The van der Waals surface area contributed by atoms with Crippen LogP contribution in [0.3, 0.4) is 0 Å². The van der Waals surface area contributed by atoms with E-state index in [1.54, 1.807) is 0 Å². The highest BCUT2D eigenvalue weighted by Crippen LogP contribution is 2.24. The summed E-state index contributed by atoms with van der Waals surface area (Å²) >= 11 is 0. The van der Waals surface area contributed by atoms with E-state index in [0.717, 1.165) is 11.4 Å². The van der Waals surface area contributed by atoms with Crippen molar-refractivity contribution in [2.75, 3.05) is 5.32 Å². The first-order chi connectivity index (χ1) is 9.83. The highest BCUT2D eigenvalue weighted by molar-refractivity contribution is 5.69. The molecule has 0 aliphatic carbocycles. The average molecular weight is 259 g/mol. The Hall–Kier alpha value is -2.54. The Bertz CT molecular complexity index is 684. The first kappa shape index (κ1) is 12.5. The summed E-state index contributed by atoms with van der Waals surface area (Å²) in [5.41, 5.74) is 5.99. The van der Waals surface area contributed by atoms with Crippen LogP contribution in [-0.4, -0.2) is 0 Å². The largest absolute Gasteiger partial charge is 0.355 e. The summed E-state index contributed by atoms with van der Waals surface area (Å²) in [5.74, 6) is 0. The normalized spacial score (nSPS) is 10.2. The Morgan fingerprint density at radius 2 is 1.20 bits per heavy atom. The van der Waals surface area contributed by atoms with Gasteiger partial charge in [-0.3, -0.25) is 0 Å². The highest BCUT2D eigenvalue weighted by atomic mass is 14.9. The number of aryl methyl sites for hydroxylation is 1. The van der Waals surface area contributed by atoms with Crippen molar-refractivity contribution in [3.8, 4) is 11.1 Å². The van der Waals surface area contributed by atoms with Gasteiger partial charge in [0.1, 0.15) is 0 Å². The minimum absolute atomic E-state index is 1.11. The molecule has 3 aromatic carbocycles. The van der Waals surface area contributed by atoms with Gasteiger partial charge in [-0.05, 0) is 41.8 Å². The van der Waals surface area contributed by atoms with Gasteiger partial charge in [0, 0.05) is 11.4 Å². The summed E-state index contributed by atoms with van der Waals surface area (Å²) in [4.78, 5) is 0. The van der Waals surface area contributed by atoms with Gasteiger partial charge in [-0.15, -0.1) is 0 Å². The third-order valence-corrected chi connectivity index (χ3v) is 3.42. The summed E-state index contributed by atoms with van der Waals surface area (Å²) in [6.45, 7) is 2.11. The SMILES string of the molecule is Cc1ccccc1Nc1ccc(-c2ccccc2)cc1. The predicted octanol–water partition coefficient (Wildman–Crippen LogP) is 5.41. The molecule has 0 aromatic heterocycles. The molecule has 0 saturated heterocycles. The van der Waals surface area contributed by atoms with Crippen molar-refractivity contribution < 1.29 is 0 Å². The molecule has 0 aliphatic heterocycles. The maximum absolute atomic E-state index is 3.45. The maximum atomic E-state index is 3.45. The molecule has 1 N–H and O–H groups in total. The summed E-state index contributed by atoms with van der Waals surface area (Å²) in [5, 5.41) is 3.45. The molecule has 0 spiro atoms. The van der Waals surface area contributed by atoms with E-state index in [4.69, 9.17) is 0 Å². The molecule has 0 radical (unpaired) electrons.